The van der Waals surface area contributed by atoms with Gasteiger partial charge in [-0.2, -0.15) is 0 Å². The SMILES string of the molecule is Cc1onc(C2=C/C/C(c3noc(C)c3C(=O)N[C@@H]3C(=O)N4[C@@H]3SC(C)(C)[C@@H]4C(=O)O)=C\C/C(c3noc(C)c3C(=O)N[C@@H]3C(=O)N4[C@@H]3SC(C)(C)[C@@H]4C(=O)O)=C\CC/C=C\2)c1C(=O)N[C@@H]1C(=O)N2[C@@H]1SC(C)(C)[C@@H]2C(=O)O. The second-order valence-electron chi connectivity index (χ2n) is 21.5. The van der Waals surface area contributed by atoms with E-state index in [-0.39, 0.29) is 63.9 Å². The van der Waals surface area contributed by atoms with E-state index < -0.39 is 120 Å². The lowest BCUT2D eigenvalue weighted by Gasteiger charge is -2.43. The van der Waals surface area contributed by atoms with Crippen LogP contribution >= 0.6 is 35.3 Å². The number of carbonyl (C=O) groups excluding carboxylic acids is 6. The van der Waals surface area contributed by atoms with Gasteiger partial charge in [-0.1, -0.05) is 45.9 Å². The van der Waals surface area contributed by atoms with Crippen LogP contribution in [0.3, 0.4) is 0 Å². The van der Waals surface area contributed by atoms with Crippen molar-refractivity contribution in [2.75, 3.05) is 0 Å². The zero-order valence-corrected chi connectivity index (χ0v) is 46.0. The van der Waals surface area contributed by atoms with Gasteiger partial charge in [0.15, 0.2) is 0 Å². The number of thioether (sulfide) groups is 3. The second kappa shape index (κ2) is 19.3. The molecule has 9 heterocycles. The maximum absolute atomic E-state index is 14.5. The number of aliphatic carboxylic acids is 3. The summed E-state index contributed by atoms with van der Waals surface area (Å²) in [7, 11) is 0. The number of aromatic nitrogens is 3. The number of carboxylic acid groups (broad SMARTS) is 3. The quantitative estimate of drug-likeness (QED) is 0.140. The Morgan fingerprint density at radius 2 is 0.859 bits per heavy atom. The van der Waals surface area contributed by atoms with E-state index in [1.54, 1.807) is 66.7 Å². The lowest BCUT2D eigenvalue weighted by molar-refractivity contribution is -0.159. The van der Waals surface area contributed by atoms with Crippen molar-refractivity contribution in [3.8, 4) is 0 Å². The summed E-state index contributed by atoms with van der Waals surface area (Å²) in [6, 6.07) is -6.43. The number of carbonyl (C=O) groups is 9. The molecule has 6 saturated heterocycles. The fourth-order valence-corrected chi connectivity index (χ4v) is 16.3. The molecule has 0 unspecified atom stereocenters. The molecule has 0 aromatic carbocycles. The van der Waals surface area contributed by atoms with Gasteiger partial charge in [0.25, 0.3) is 17.7 Å². The number of β-lactam (4-membered cyclic amide) rings is 3. The van der Waals surface area contributed by atoms with Crippen LogP contribution in [0, 0.1) is 20.8 Å². The van der Waals surface area contributed by atoms with Crippen molar-refractivity contribution in [1.82, 2.24) is 46.1 Å². The molecule has 9 atom stereocenters. The average Bonchev–Trinajstić information content (AvgIpc) is 4.39. The number of nitrogens with zero attached hydrogens (tertiary/aromatic N) is 6. The van der Waals surface area contributed by atoms with Gasteiger partial charge < -0.3 is 59.5 Å². The predicted molar refractivity (Wildman–Crippen MR) is 280 cm³/mol. The van der Waals surface area contributed by atoms with E-state index in [1.807, 2.05) is 12.2 Å². The number of hydrogen-bond donors (Lipinski definition) is 6. The number of carboxylic acids is 3. The molecule has 3 aromatic heterocycles. The maximum atomic E-state index is 14.5. The lowest BCUT2D eigenvalue weighted by atomic mass is 9.93. The third-order valence-corrected chi connectivity index (χ3v) is 19.9. The van der Waals surface area contributed by atoms with Crippen LogP contribution in [0.25, 0.3) is 16.7 Å². The minimum Gasteiger partial charge on any atom is -0.480 e. The Morgan fingerprint density at radius 3 is 1.23 bits per heavy atom. The molecule has 6 N–H and O–H groups in total. The maximum Gasteiger partial charge on any atom is 0.327 e. The van der Waals surface area contributed by atoms with Gasteiger partial charge in [0.2, 0.25) is 17.7 Å². The number of aryl methyl sites for hydroxylation is 3. The molecule has 24 nitrogen and oxygen atoms in total. The van der Waals surface area contributed by atoms with Crippen LogP contribution < -0.4 is 16.0 Å². The first-order valence-corrected chi connectivity index (χ1v) is 27.6. The molecule has 0 radical (unpaired) electrons. The van der Waals surface area contributed by atoms with Crippen LogP contribution in [0.15, 0.2) is 43.9 Å². The molecule has 412 valence electrons. The Hall–Kier alpha value is -7.13. The summed E-state index contributed by atoms with van der Waals surface area (Å²) in [6.07, 6.45) is 9.61. The number of hydrogen-bond acceptors (Lipinski definition) is 18. The summed E-state index contributed by atoms with van der Waals surface area (Å²) >= 11 is 3.81. The van der Waals surface area contributed by atoms with E-state index >= 15 is 0 Å². The van der Waals surface area contributed by atoms with Crippen LogP contribution in [0.2, 0.25) is 0 Å². The van der Waals surface area contributed by atoms with Gasteiger partial charge in [0, 0.05) is 19.8 Å². The molecule has 7 aliphatic rings. The largest absolute Gasteiger partial charge is 0.480 e. The molecule has 6 aliphatic heterocycles. The Kier molecular flexibility index (Phi) is 13.5. The first kappa shape index (κ1) is 54.2. The van der Waals surface area contributed by atoms with E-state index in [1.165, 1.54) is 63.8 Å². The van der Waals surface area contributed by atoms with Crippen LogP contribution in [-0.4, -0.2) is 165 Å². The highest BCUT2D eigenvalue weighted by Gasteiger charge is 2.67. The van der Waals surface area contributed by atoms with Gasteiger partial charge in [0.1, 0.15) is 103 Å². The van der Waals surface area contributed by atoms with Crippen LogP contribution in [-0.2, 0) is 28.8 Å². The van der Waals surface area contributed by atoms with Gasteiger partial charge in [-0.05, 0) is 99.1 Å². The number of amides is 6. The van der Waals surface area contributed by atoms with Crippen molar-refractivity contribution in [2.24, 2.45) is 0 Å². The lowest BCUT2D eigenvalue weighted by Crippen LogP contribution is -2.70. The van der Waals surface area contributed by atoms with Crippen molar-refractivity contribution in [1.29, 1.82) is 0 Å². The van der Waals surface area contributed by atoms with E-state index in [0.717, 1.165) is 0 Å². The topological polar surface area (TPSA) is 338 Å². The van der Waals surface area contributed by atoms with Crippen LogP contribution in [0.5, 0.6) is 0 Å². The fourth-order valence-electron chi connectivity index (χ4n) is 11.4. The Bertz CT molecular complexity index is 3290. The van der Waals surface area contributed by atoms with Crippen molar-refractivity contribution in [3.63, 3.8) is 0 Å². The third-order valence-electron chi connectivity index (χ3n) is 15.2. The molecule has 6 amide bonds. The monoisotopic (exact) mass is 1130 g/mol. The zero-order chi connectivity index (χ0) is 56.4. The van der Waals surface area contributed by atoms with E-state index in [4.69, 9.17) is 13.6 Å². The number of nitrogens with one attached hydrogen (secondary N) is 3. The van der Waals surface area contributed by atoms with Crippen molar-refractivity contribution in [2.45, 2.75) is 155 Å². The molecule has 27 heteroatoms. The van der Waals surface area contributed by atoms with Crippen molar-refractivity contribution >= 4 is 105 Å². The highest BCUT2D eigenvalue weighted by atomic mass is 32.2. The minimum atomic E-state index is -1.17. The molecular weight excluding hydrogens is 1070 g/mol. The summed E-state index contributed by atoms with van der Waals surface area (Å²) in [5, 5.41) is 49.3. The normalized spacial score (nSPS) is 30.9. The number of fused-ring (bicyclic) bond motifs is 3. The van der Waals surface area contributed by atoms with Gasteiger partial charge in [-0.3, -0.25) is 28.8 Å². The molecule has 10 rings (SSSR count). The molecular formula is C51H55N9O15S3. The summed E-state index contributed by atoms with van der Waals surface area (Å²) < 4.78 is 14.4. The average molecular weight is 1130 g/mol. The predicted octanol–water partition coefficient (Wildman–Crippen LogP) is 3.99. The number of rotatable bonds is 12. The molecule has 0 bridgehead atoms. The molecule has 6 fully saturated rings. The first-order chi connectivity index (χ1) is 36.7. The molecule has 1 aliphatic carbocycles. The Balaban J connectivity index is 0.971. The second-order valence-corrected chi connectivity index (χ2v) is 26.9. The van der Waals surface area contributed by atoms with E-state index in [2.05, 4.69) is 31.4 Å². The van der Waals surface area contributed by atoms with Crippen molar-refractivity contribution in [3.05, 3.63) is 81.4 Å². The van der Waals surface area contributed by atoms with Crippen LogP contribution in [0.1, 0.15) is 133 Å². The number of allylic oxidation sites excluding steroid dienone is 8. The smallest absolute Gasteiger partial charge is 0.327 e. The fraction of sp³-hybridized carbons (Fsp3) is 0.490. The molecule has 3 aromatic rings. The highest BCUT2D eigenvalue weighted by Crippen LogP contribution is 2.53. The van der Waals surface area contributed by atoms with E-state index in [0.29, 0.717) is 29.6 Å². The zero-order valence-electron chi connectivity index (χ0n) is 43.6. The molecule has 0 spiro atoms. The highest BCUT2D eigenvalue weighted by molar-refractivity contribution is 8.02. The summed E-state index contributed by atoms with van der Waals surface area (Å²) in [5.41, 5.74) is 1.63. The van der Waals surface area contributed by atoms with Crippen LogP contribution in [0.4, 0.5) is 0 Å². The molecule has 0 saturated carbocycles. The van der Waals surface area contributed by atoms with Gasteiger partial charge >= 0.3 is 17.9 Å². The Labute approximate surface area is 457 Å². The third kappa shape index (κ3) is 8.71. The van der Waals surface area contributed by atoms with Crippen molar-refractivity contribution < 1.29 is 72.0 Å². The summed E-state index contributed by atoms with van der Waals surface area (Å²) in [4.78, 5) is 124. The first-order valence-electron chi connectivity index (χ1n) is 24.9. The van der Waals surface area contributed by atoms with Gasteiger partial charge in [-0.25, -0.2) is 14.4 Å². The summed E-state index contributed by atoms with van der Waals surface area (Å²) in [5.74, 6) is -6.85. The van der Waals surface area contributed by atoms with Gasteiger partial charge in [-0.15, -0.1) is 35.3 Å². The standard InChI is InChI=1S/C51H55N9O15S3/c1-19-25(37(61)52-31-40(64)58-34(46(67)68)49(4,5)76-43(31)58)28(55-73-19)22-13-11-10-12-14-23(29-26(20(2)74-56-29)38(62)53-32-41(65)59-35(47(69)70)50(6,7)77-44(32)59)16-18-24(17-15-22)30-27(21(3)75-57-30)39(63)54-33-42(66)60-36(48(71)72)51(8,9)78-45(33)60/h11,13-15,18,31-36,43-45H,10,12,16-17H2,1-9H3,(H,52,61)(H,53,62)(H,54,63)(H,67,68)(H,69,70)(H,71,72)/b13-11-,22-15+,23-14+,24-18+/t31-,32-,33-,34+,35+,36+,43-,44-,45-/m1/s1. The minimum absolute atomic E-state index is 0.0177. The van der Waals surface area contributed by atoms with E-state index in [9.17, 15) is 58.5 Å². The summed E-state index contributed by atoms with van der Waals surface area (Å²) in [6.45, 7) is 15.0. The Morgan fingerprint density at radius 1 is 0.526 bits per heavy atom. The molecule has 78 heavy (non-hydrogen) atoms. The van der Waals surface area contributed by atoms with Gasteiger partial charge in [0.05, 0.1) is 0 Å².